The van der Waals surface area contributed by atoms with Gasteiger partial charge in [-0.05, 0) is 86.3 Å². The molecule has 0 radical (unpaired) electrons. The Balaban J connectivity index is 1.47. The van der Waals surface area contributed by atoms with Crippen molar-refractivity contribution in [1.82, 2.24) is 5.32 Å². The second-order valence-corrected chi connectivity index (χ2v) is 8.91. The summed E-state index contributed by atoms with van der Waals surface area (Å²) in [5.41, 5.74) is 3.28. The van der Waals surface area contributed by atoms with Gasteiger partial charge in [-0.3, -0.25) is 0 Å². The van der Waals surface area contributed by atoms with Crippen LogP contribution in [0.3, 0.4) is 0 Å². The van der Waals surface area contributed by atoms with E-state index in [9.17, 15) is 13.2 Å². The smallest absolute Gasteiger partial charge is 0.416 e. The van der Waals surface area contributed by atoms with Crippen LogP contribution in [0.5, 0.6) is 5.75 Å². The Kier molecular flexibility index (Phi) is 6.61. The third-order valence-corrected chi connectivity index (χ3v) is 5.73. The van der Waals surface area contributed by atoms with Crippen LogP contribution in [0.2, 0.25) is 0 Å². The molecule has 0 saturated heterocycles. The van der Waals surface area contributed by atoms with Gasteiger partial charge in [-0.2, -0.15) is 13.2 Å². The number of hydrogen-bond acceptors (Lipinski definition) is 2. The molecular weight excluding hydrogens is 423 g/mol. The average Bonchev–Trinajstić information content (AvgIpc) is 2.78. The molecule has 1 aliphatic rings. The third-order valence-electron chi connectivity index (χ3n) is 5.73. The Morgan fingerprint density at radius 1 is 0.818 bits per heavy atom. The number of alkyl halides is 3. The number of benzene rings is 3. The van der Waals surface area contributed by atoms with Gasteiger partial charge in [-0.1, -0.05) is 54.6 Å². The molecule has 172 valence electrons. The second-order valence-electron chi connectivity index (χ2n) is 8.91. The molecule has 5 heteroatoms. The molecule has 3 aromatic carbocycles. The van der Waals surface area contributed by atoms with Gasteiger partial charge in [-0.15, -0.1) is 0 Å². The molecule has 1 aliphatic heterocycles. The summed E-state index contributed by atoms with van der Waals surface area (Å²) in [6.07, 6.45) is -0.658. The normalized spacial score (nSPS) is 14.9. The second kappa shape index (κ2) is 9.44. The van der Waals surface area contributed by atoms with Crippen molar-refractivity contribution in [2.75, 3.05) is 13.1 Å². The molecule has 2 nitrogen and oxygen atoms in total. The van der Waals surface area contributed by atoms with Crippen LogP contribution in [0.4, 0.5) is 13.2 Å². The summed E-state index contributed by atoms with van der Waals surface area (Å²) < 4.78 is 45.9. The number of hydrogen-bond donors (Lipinski definition) is 1. The predicted molar refractivity (Wildman–Crippen MR) is 126 cm³/mol. The zero-order chi connectivity index (χ0) is 23.5. The van der Waals surface area contributed by atoms with E-state index < -0.39 is 17.3 Å². The zero-order valence-corrected chi connectivity index (χ0v) is 18.9. The largest absolute Gasteiger partial charge is 0.483 e. The van der Waals surface area contributed by atoms with Crippen LogP contribution in [0.25, 0.3) is 5.57 Å². The van der Waals surface area contributed by atoms with Crippen molar-refractivity contribution in [2.24, 2.45) is 0 Å². The highest BCUT2D eigenvalue weighted by Crippen LogP contribution is 2.41. The summed E-state index contributed by atoms with van der Waals surface area (Å²) in [6.45, 7) is 5.58. The summed E-state index contributed by atoms with van der Waals surface area (Å²) in [5.74, 6) is 0.705. The van der Waals surface area contributed by atoms with Crippen molar-refractivity contribution >= 4 is 5.57 Å². The van der Waals surface area contributed by atoms with E-state index in [-0.39, 0.29) is 0 Å². The van der Waals surface area contributed by atoms with Gasteiger partial charge in [0.15, 0.2) is 0 Å². The molecule has 0 saturated carbocycles. The van der Waals surface area contributed by atoms with E-state index in [1.807, 2.05) is 56.3 Å². The highest BCUT2D eigenvalue weighted by Gasteiger charge is 2.32. The van der Waals surface area contributed by atoms with Gasteiger partial charge >= 0.3 is 6.18 Å². The molecule has 0 spiro atoms. The predicted octanol–water partition coefficient (Wildman–Crippen LogP) is 6.68. The third kappa shape index (κ3) is 5.85. The lowest BCUT2D eigenvalue weighted by Gasteiger charge is -2.32. The van der Waals surface area contributed by atoms with E-state index in [2.05, 4.69) is 17.4 Å². The van der Waals surface area contributed by atoms with E-state index in [4.69, 9.17) is 4.74 Å². The molecule has 1 heterocycles. The van der Waals surface area contributed by atoms with Crippen LogP contribution in [0.1, 0.15) is 41.7 Å². The van der Waals surface area contributed by atoms with Gasteiger partial charge in [0.2, 0.25) is 0 Å². The first-order valence-corrected chi connectivity index (χ1v) is 11.2. The topological polar surface area (TPSA) is 21.3 Å². The van der Waals surface area contributed by atoms with Crippen LogP contribution >= 0.6 is 0 Å². The van der Waals surface area contributed by atoms with Gasteiger partial charge in [-0.25, -0.2) is 0 Å². The van der Waals surface area contributed by atoms with Crippen LogP contribution in [-0.4, -0.2) is 18.7 Å². The summed E-state index contributed by atoms with van der Waals surface area (Å²) in [4.78, 5) is 0. The standard InChI is InChI=1S/C28H28F3NO/c1-27(2)19-25(22-9-6-10-23(18-22)28(29,30)31)24-12-11-21(17-26(24)33-27)14-16-32-15-13-20-7-4-3-5-8-20/h3-12,17-19,32H,13-16H2,1-2H3. The van der Waals surface area contributed by atoms with Gasteiger partial charge in [0.05, 0.1) is 5.56 Å². The van der Waals surface area contributed by atoms with Crippen LogP contribution in [0, 0.1) is 0 Å². The van der Waals surface area contributed by atoms with Crippen molar-refractivity contribution in [3.05, 3.63) is 107 Å². The first kappa shape index (κ1) is 23.1. The number of fused-ring (bicyclic) bond motifs is 1. The first-order valence-electron chi connectivity index (χ1n) is 11.2. The molecule has 0 bridgehead atoms. The van der Waals surface area contributed by atoms with Crippen molar-refractivity contribution in [2.45, 2.75) is 38.5 Å². The average molecular weight is 452 g/mol. The summed E-state index contributed by atoms with van der Waals surface area (Å²) in [6, 6.07) is 21.8. The van der Waals surface area contributed by atoms with E-state index in [0.29, 0.717) is 11.3 Å². The van der Waals surface area contributed by atoms with Crippen molar-refractivity contribution < 1.29 is 17.9 Å². The van der Waals surface area contributed by atoms with Crippen molar-refractivity contribution in [3.8, 4) is 5.75 Å². The number of nitrogens with one attached hydrogen (secondary N) is 1. The lowest BCUT2D eigenvalue weighted by molar-refractivity contribution is -0.137. The van der Waals surface area contributed by atoms with Gasteiger partial charge < -0.3 is 10.1 Å². The molecule has 0 atom stereocenters. The maximum atomic E-state index is 13.3. The molecule has 33 heavy (non-hydrogen) atoms. The van der Waals surface area contributed by atoms with E-state index >= 15 is 0 Å². The summed E-state index contributed by atoms with van der Waals surface area (Å²) >= 11 is 0. The minimum Gasteiger partial charge on any atom is -0.483 e. The van der Waals surface area contributed by atoms with Gasteiger partial charge in [0.25, 0.3) is 0 Å². The van der Waals surface area contributed by atoms with Crippen LogP contribution in [0.15, 0.2) is 78.9 Å². The molecule has 0 fully saturated rings. The van der Waals surface area contributed by atoms with Crippen molar-refractivity contribution in [1.29, 1.82) is 0 Å². The Morgan fingerprint density at radius 3 is 2.27 bits per heavy atom. The molecule has 0 amide bonds. The zero-order valence-electron chi connectivity index (χ0n) is 18.9. The molecule has 0 aliphatic carbocycles. The highest BCUT2D eigenvalue weighted by molar-refractivity contribution is 5.85. The fraction of sp³-hybridized carbons (Fsp3) is 0.286. The van der Waals surface area contributed by atoms with Gasteiger partial charge in [0, 0.05) is 5.56 Å². The molecule has 0 aromatic heterocycles. The molecule has 0 unspecified atom stereocenters. The number of rotatable bonds is 7. The van der Waals surface area contributed by atoms with Crippen molar-refractivity contribution in [3.63, 3.8) is 0 Å². The first-order chi connectivity index (χ1) is 15.7. The number of halogens is 3. The number of ether oxygens (including phenoxy) is 1. The maximum Gasteiger partial charge on any atom is 0.416 e. The Morgan fingerprint density at radius 2 is 1.55 bits per heavy atom. The Hall–Kier alpha value is -3.05. The fourth-order valence-corrected chi connectivity index (χ4v) is 4.10. The highest BCUT2D eigenvalue weighted by atomic mass is 19.4. The Labute approximate surface area is 193 Å². The molecular formula is C28H28F3NO. The van der Waals surface area contributed by atoms with Crippen LogP contribution < -0.4 is 10.1 Å². The lowest BCUT2D eigenvalue weighted by Crippen LogP contribution is -2.29. The Bertz CT molecular complexity index is 1130. The fourth-order valence-electron chi connectivity index (χ4n) is 4.10. The quantitative estimate of drug-likeness (QED) is 0.405. The van der Waals surface area contributed by atoms with E-state index in [1.165, 1.54) is 17.7 Å². The monoisotopic (exact) mass is 451 g/mol. The lowest BCUT2D eigenvalue weighted by atomic mass is 9.88. The minimum atomic E-state index is -4.38. The minimum absolute atomic E-state index is 0.540. The summed E-state index contributed by atoms with van der Waals surface area (Å²) in [5, 5.41) is 3.47. The van der Waals surface area contributed by atoms with E-state index in [1.54, 1.807) is 6.07 Å². The van der Waals surface area contributed by atoms with Crippen LogP contribution in [-0.2, 0) is 19.0 Å². The molecule has 1 N–H and O–H groups in total. The van der Waals surface area contributed by atoms with E-state index in [0.717, 1.165) is 48.7 Å². The molecule has 3 aromatic rings. The summed E-state index contributed by atoms with van der Waals surface area (Å²) in [7, 11) is 0. The molecule has 4 rings (SSSR count). The SMILES string of the molecule is CC1(C)C=C(c2cccc(C(F)(F)F)c2)c2ccc(CCNCCc3ccccc3)cc2O1. The maximum absolute atomic E-state index is 13.3. The van der Waals surface area contributed by atoms with Gasteiger partial charge in [0.1, 0.15) is 11.4 Å².